The van der Waals surface area contributed by atoms with E-state index in [-0.39, 0.29) is 31.5 Å². The number of carbonyl (C=O) groups is 2. The van der Waals surface area contributed by atoms with Crippen molar-refractivity contribution in [3.05, 3.63) is 24.3 Å². The van der Waals surface area contributed by atoms with Crippen LogP contribution in [0, 0.1) is 0 Å². The predicted octanol–water partition coefficient (Wildman–Crippen LogP) is 17.1. The van der Waals surface area contributed by atoms with Crippen LogP contribution in [0.25, 0.3) is 0 Å². The number of quaternary nitrogens is 1. The molecular formula is C59H115N2O7P. The Bertz CT molecular complexity index is 1240. The number of esters is 1. The largest absolute Gasteiger partial charge is 0.756 e. The Morgan fingerprint density at radius 3 is 1.23 bits per heavy atom. The van der Waals surface area contributed by atoms with Crippen molar-refractivity contribution in [3.63, 3.8) is 0 Å². The summed E-state index contributed by atoms with van der Waals surface area (Å²) in [6.45, 7) is 6.86. The molecule has 0 fully saturated rings. The number of nitrogens with one attached hydrogen (secondary N) is 1. The molecule has 0 aliphatic carbocycles. The normalized spacial score (nSPS) is 13.9. The number of nitrogens with zero attached hydrogens (tertiary/aromatic N) is 1. The van der Waals surface area contributed by atoms with Crippen LogP contribution in [0.15, 0.2) is 24.3 Å². The Kier molecular flexibility index (Phi) is 48.9. The summed E-state index contributed by atoms with van der Waals surface area (Å²) in [6, 6.07) is -0.883. The zero-order valence-electron chi connectivity index (χ0n) is 46.5. The van der Waals surface area contributed by atoms with Crippen LogP contribution in [0.2, 0.25) is 0 Å². The van der Waals surface area contributed by atoms with Crippen molar-refractivity contribution < 1.29 is 37.3 Å². The Balaban J connectivity index is 5.30. The van der Waals surface area contributed by atoms with Crippen LogP contribution in [0.1, 0.15) is 290 Å². The van der Waals surface area contributed by atoms with E-state index >= 15 is 0 Å². The molecule has 0 aromatic rings. The van der Waals surface area contributed by atoms with E-state index in [4.69, 9.17) is 13.8 Å². The maximum atomic E-state index is 13.5. The quantitative estimate of drug-likeness (QED) is 0.0212. The molecule has 0 rings (SSSR count). The molecule has 408 valence electrons. The van der Waals surface area contributed by atoms with Gasteiger partial charge in [-0.25, -0.2) is 0 Å². The van der Waals surface area contributed by atoms with Crippen molar-refractivity contribution in [1.29, 1.82) is 0 Å². The molecule has 3 unspecified atom stereocenters. The van der Waals surface area contributed by atoms with Gasteiger partial charge in [0.05, 0.1) is 33.8 Å². The summed E-state index contributed by atoms with van der Waals surface area (Å²) in [6.07, 6.45) is 57.0. The van der Waals surface area contributed by atoms with E-state index in [1.807, 2.05) is 33.3 Å². The highest BCUT2D eigenvalue weighted by atomic mass is 31.2. The number of phosphoric ester groups is 1. The highest BCUT2D eigenvalue weighted by Gasteiger charge is 2.27. The fraction of sp³-hybridized carbons (Fsp3) is 0.898. The summed E-state index contributed by atoms with van der Waals surface area (Å²) in [5.41, 5.74) is 0. The third kappa shape index (κ3) is 51.2. The third-order valence-electron chi connectivity index (χ3n) is 13.4. The monoisotopic (exact) mass is 995 g/mol. The van der Waals surface area contributed by atoms with Crippen LogP contribution in [-0.4, -0.2) is 69.4 Å². The number of unbranched alkanes of at least 4 members (excludes halogenated alkanes) is 36. The molecule has 0 aliphatic heterocycles. The van der Waals surface area contributed by atoms with E-state index in [2.05, 4.69) is 38.2 Å². The summed E-state index contributed by atoms with van der Waals surface area (Å²) in [5, 5.41) is 3.03. The molecule has 0 aromatic heterocycles. The van der Waals surface area contributed by atoms with Crippen molar-refractivity contribution >= 4 is 19.7 Å². The van der Waals surface area contributed by atoms with E-state index in [1.54, 1.807) is 0 Å². The summed E-state index contributed by atoms with van der Waals surface area (Å²) in [4.78, 5) is 39.9. The van der Waals surface area contributed by atoms with Crippen LogP contribution in [0.4, 0.5) is 0 Å². The first-order valence-electron chi connectivity index (χ1n) is 29.6. The van der Waals surface area contributed by atoms with Gasteiger partial charge in [-0.3, -0.25) is 14.2 Å². The zero-order valence-corrected chi connectivity index (χ0v) is 47.4. The minimum Gasteiger partial charge on any atom is -0.756 e. The molecule has 9 nitrogen and oxygen atoms in total. The lowest BCUT2D eigenvalue weighted by Gasteiger charge is -2.30. The van der Waals surface area contributed by atoms with Gasteiger partial charge >= 0.3 is 5.97 Å². The van der Waals surface area contributed by atoms with Gasteiger partial charge in [0.1, 0.15) is 19.3 Å². The van der Waals surface area contributed by atoms with E-state index in [0.717, 1.165) is 70.6 Å². The predicted molar refractivity (Wildman–Crippen MR) is 293 cm³/mol. The third-order valence-corrected chi connectivity index (χ3v) is 14.3. The topological polar surface area (TPSA) is 114 Å². The van der Waals surface area contributed by atoms with Gasteiger partial charge in [-0.1, -0.05) is 244 Å². The van der Waals surface area contributed by atoms with Crippen LogP contribution in [0.5, 0.6) is 0 Å². The highest BCUT2D eigenvalue weighted by molar-refractivity contribution is 7.45. The van der Waals surface area contributed by atoms with Crippen molar-refractivity contribution in [2.24, 2.45) is 0 Å². The van der Waals surface area contributed by atoms with Crippen LogP contribution < -0.4 is 10.2 Å². The smallest absolute Gasteiger partial charge is 0.306 e. The molecule has 0 aromatic carbocycles. The first-order valence-corrected chi connectivity index (χ1v) is 31.1. The lowest BCUT2D eigenvalue weighted by atomic mass is 10.0. The van der Waals surface area contributed by atoms with E-state index in [9.17, 15) is 19.0 Å². The van der Waals surface area contributed by atoms with Gasteiger partial charge < -0.3 is 28.5 Å². The van der Waals surface area contributed by atoms with Crippen LogP contribution in [0.3, 0.4) is 0 Å². The van der Waals surface area contributed by atoms with Gasteiger partial charge in [-0.15, -0.1) is 0 Å². The average Bonchev–Trinajstić information content (AvgIpc) is 3.31. The average molecular weight is 996 g/mol. The molecule has 0 saturated heterocycles. The van der Waals surface area contributed by atoms with Gasteiger partial charge in [0, 0.05) is 12.8 Å². The molecule has 0 bridgehead atoms. The number of phosphoric acid groups is 1. The van der Waals surface area contributed by atoms with E-state index in [0.29, 0.717) is 17.4 Å². The fourth-order valence-corrected chi connectivity index (χ4v) is 9.48. The minimum atomic E-state index is -4.69. The van der Waals surface area contributed by atoms with Crippen molar-refractivity contribution in [2.75, 3.05) is 40.9 Å². The first-order chi connectivity index (χ1) is 33.4. The lowest BCUT2D eigenvalue weighted by molar-refractivity contribution is -0.870. The molecule has 0 saturated carbocycles. The maximum Gasteiger partial charge on any atom is 0.306 e. The van der Waals surface area contributed by atoms with Gasteiger partial charge in [-0.2, -0.15) is 0 Å². The highest BCUT2D eigenvalue weighted by Crippen LogP contribution is 2.38. The number of likely N-dealkylation sites (N-methyl/N-ethyl adjacent to an activating group) is 1. The van der Waals surface area contributed by atoms with Gasteiger partial charge in [0.15, 0.2) is 0 Å². The minimum absolute atomic E-state index is 0.0198. The Labute approximate surface area is 428 Å². The Morgan fingerprint density at radius 1 is 0.493 bits per heavy atom. The summed E-state index contributed by atoms with van der Waals surface area (Å²) in [7, 11) is 1.19. The molecule has 10 heteroatoms. The number of allylic oxidation sites excluding steroid dienone is 3. The lowest BCUT2D eigenvalue weighted by Crippen LogP contribution is -2.47. The van der Waals surface area contributed by atoms with Crippen molar-refractivity contribution in [1.82, 2.24) is 5.32 Å². The van der Waals surface area contributed by atoms with Gasteiger partial charge in [0.25, 0.3) is 7.82 Å². The number of amides is 1. The Hall–Kier alpha value is -1.51. The zero-order chi connectivity index (χ0) is 50.8. The van der Waals surface area contributed by atoms with Crippen molar-refractivity contribution in [2.45, 2.75) is 303 Å². The summed E-state index contributed by atoms with van der Waals surface area (Å²) < 4.78 is 30.3. The SMILES string of the molecule is CCCCCCCC/C=C/CCCCCCCCCC(=O)NC(COP(=O)([O-])OCC[N+](C)(C)C)C(/C=C/CCCCCCCCCCCC)OC(=O)CCCCCCCCCCCCCCCC. The Morgan fingerprint density at radius 2 is 0.841 bits per heavy atom. The summed E-state index contributed by atoms with van der Waals surface area (Å²) >= 11 is 0. The molecule has 1 N–H and O–H groups in total. The number of rotatable bonds is 54. The molecule has 0 heterocycles. The number of hydrogen-bond donors (Lipinski definition) is 1. The van der Waals surface area contributed by atoms with Gasteiger partial charge in [0.2, 0.25) is 5.91 Å². The second-order valence-electron chi connectivity index (χ2n) is 21.5. The van der Waals surface area contributed by atoms with Crippen LogP contribution >= 0.6 is 7.82 Å². The molecule has 3 atom stereocenters. The fourth-order valence-electron chi connectivity index (χ4n) is 8.75. The molecule has 0 spiro atoms. The molecule has 1 amide bonds. The second kappa shape index (κ2) is 50.0. The van der Waals surface area contributed by atoms with E-state index in [1.165, 1.54) is 186 Å². The maximum absolute atomic E-state index is 13.5. The number of carbonyl (C=O) groups excluding carboxylic acids is 2. The van der Waals surface area contributed by atoms with E-state index < -0.39 is 20.0 Å². The first kappa shape index (κ1) is 67.5. The van der Waals surface area contributed by atoms with Crippen molar-refractivity contribution in [3.8, 4) is 0 Å². The second-order valence-corrected chi connectivity index (χ2v) is 22.9. The number of hydrogen-bond acceptors (Lipinski definition) is 7. The van der Waals surface area contributed by atoms with Crippen LogP contribution in [-0.2, 0) is 27.9 Å². The molecular weight excluding hydrogens is 880 g/mol. The molecule has 69 heavy (non-hydrogen) atoms. The number of ether oxygens (including phenoxy) is 1. The standard InChI is InChI=1S/C59H115N2O7P/c1-7-10-13-16-19-22-25-28-30-31-32-33-36-39-42-45-48-51-58(62)60-56(55-67-69(64,65)66-54-53-61(4,5)6)57(50-47-44-41-38-35-27-24-21-18-15-12-9-3)68-59(63)52-49-46-43-40-37-34-29-26-23-20-17-14-11-8-2/h28,30,47,50,56-57H,7-27,29,31-46,48-49,51-55H2,1-6H3,(H-,60,62,64,65)/b30-28+,50-47+. The van der Waals surface area contributed by atoms with Gasteiger partial charge in [-0.05, 0) is 57.4 Å². The molecule has 0 radical (unpaired) electrons. The molecule has 0 aliphatic rings. The summed E-state index contributed by atoms with van der Waals surface area (Å²) in [5.74, 6) is -0.533.